The SMILES string of the molecule is CCCCCCCCCCCCCCCCC=COCC(COP(=O)(O)OCCN)OC(=O)CCCCCCCCCCCCC. The van der Waals surface area contributed by atoms with Crippen molar-refractivity contribution in [3.63, 3.8) is 0 Å². The summed E-state index contributed by atoms with van der Waals surface area (Å²) in [7, 11) is -4.28. The number of esters is 1. The molecule has 0 fully saturated rings. The second kappa shape index (κ2) is 35.4. The van der Waals surface area contributed by atoms with E-state index in [2.05, 4.69) is 13.8 Å². The van der Waals surface area contributed by atoms with Crippen molar-refractivity contribution in [3.8, 4) is 0 Å². The Morgan fingerprint density at radius 3 is 1.54 bits per heavy atom. The van der Waals surface area contributed by atoms with Gasteiger partial charge in [-0.1, -0.05) is 162 Å². The van der Waals surface area contributed by atoms with Gasteiger partial charge < -0.3 is 20.1 Å². The molecule has 0 amide bonds. The average molecular weight is 676 g/mol. The summed E-state index contributed by atoms with van der Waals surface area (Å²) in [5.41, 5.74) is 5.34. The van der Waals surface area contributed by atoms with Crippen molar-refractivity contribution in [2.24, 2.45) is 5.73 Å². The Balaban J connectivity index is 4.09. The number of hydrogen-bond donors (Lipinski definition) is 2. The zero-order valence-corrected chi connectivity index (χ0v) is 31.0. The fraction of sp³-hybridized carbons (Fsp3) is 0.919. The Kier molecular flexibility index (Phi) is 34.7. The van der Waals surface area contributed by atoms with Crippen LogP contribution in [0.2, 0.25) is 0 Å². The van der Waals surface area contributed by atoms with E-state index >= 15 is 0 Å². The Bertz CT molecular complexity index is 722. The van der Waals surface area contributed by atoms with Gasteiger partial charge in [0.25, 0.3) is 0 Å². The number of carbonyl (C=O) groups is 1. The first-order valence-electron chi connectivity index (χ1n) is 19.2. The number of hydrogen-bond acceptors (Lipinski definition) is 7. The normalized spacial score (nSPS) is 13.7. The highest BCUT2D eigenvalue weighted by molar-refractivity contribution is 7.47. The molecule has 0 aliphatic rings. The monoisotopic (exact) mass is 676 g/mol. The Morgan fingerprint density at radius 2 is 1.09 bits per heavy atom. The molecule has 0 saturated carbocycles. The third-order valence-corrected chi connectivity index (χ3v) is 9.26. The maximum atomic E-state index is 12.5. The van der Waals surface area contributed by atoms with E-state index in [1.165, 1.54) is 135 Å². The zero-order valence-electron chi connectivity index (χ0n) is 30.1. The summed E-state index contributed by atoms with van der Waals surface area (Å²) in [4.78, 5) is 22.3. The highest BCUT2D eigenvalue weighted by atomic mass is 31.2. The van der Waals surface area contributed by atoms with Gasteiger partial charge >= 0.3 is 13.8 Å². The Morgan fingerprint density at radius 1 is 0.652 bits per heavy atom. The summed E-state index contributed by atoms with van der Waals surface area (Å²) >= 11 is 0. The van der Waals surface area contributed by atoms with Crippen molar-refractivity contribution in [3.05, 3.63) is 12.3 Å². The molecule has 2 atom stereocenters. The first kappa shape index (κ1) is 45.1. The van der Waals surface area contributed by atoms with E-state index in [4.69, 9.17) is 24.3 Å². The lowest BCUT2D eigenvalue weighted by Gasteiger charge is -2.19. The average Bonchev–Trinajstić information content (AvgIpc) is 3.04. The number of nitrogens with two attached hydrogens (primary N) is 1. The third-order valence-electron chi connectivity index (χ3n) is 8.28. The zero-order chi connectivity index (χ0) is 33.8. The number of rotatable bonds is 37. The minimum atomic E-state index is -4.28. The minimum Gasteiger partial charge on any atom is -0.498 e. The summed E-state index contributed by atoms with van der Waals surface area (Å²) in [6, 6.07) is 0. The van der Waals surface area contributed by atoms with Crippen LogP contribution in [0.3, 0.4) is 0 Å². The summed E-state index contributed by atoms with van der Waals surface area (Å²) in [5, 5.41) is 0. The van der Waals surface area contributed by atoms with Gasteiger partial charge in [0.2, 0.25) is 0 Å². The van der Waals surface area contributed by atoms with Crippen molar-refractivity contribution in [2.45, 2.75) is 193 Å². The largest absolute Gasteiger partial charge is 0.498 e. The van der Waals surface area contributed by atoms with E-state index in [0.717, 1.165) is 32.1 Å². The molecule has 9 heteroatoms. The van der Waals surface area contributed by atoms with Crippen LogP contribution < -0.4 is 5.73 Å². The fourth-order valence-electron chi connectivity index (χ4n) is 5.43. The molecular formula is C37H74NO7P. The second-order valence-electron chi connectivity index (χ2n) is 12.9. The molecule has 0 aliphatic carbocycles. The first-order chi connectivity index (χ1) is 22.4. The number of carbonyl (C=O) groups excluding carboxylic acids is 1. The van der Waals surface area contributed by atoms with Gasteiger partial charge in [0.1, 0.15) is 6.61 Å². The van der Waals surface area contributed by atoms with Gasteiger partial charge in [-0.3, -0.25) is 13.8 Å². The van der Waals surface area contributed by atoms with E-state index in [9.17, 15) is 14.3 Å². The highest BCUT2D eigenvalue weighted by Gasteiger charge is 2.25. The molecule has 0 heterocycles. The molecule has 0 radical (unpaired) electrons. The summed E-state index contributed by atoms with van der Waals surface area (Å²) < 4.78 is 33.0. The molecular weight excluding hydrogens is 601 g/mol. The maximum Gasteiger partial charge on any atom is 0.472 e. The second-order valence-corrected chi connectivity index (χ2v) is 14.3. The lowest BCUT2D eigenvalue weighted by molar-refractivity contribution is -0.153. The highest BCUT2D eigenvalue weighted by Crippen LogP contribution is 2.43. The van der Waals surface area contributed by atoms with Crippen molar-refractivity contribution in [1.29, 1.82) is 0 Å². The predicted molar refractivity (Wildman–Crippen MR) is 192 cm³/mol. The lowest BCUT2D eigenvalue weighted by Crippen LogP contribution is -2.27. The number of unbranched alkanes of at least 4 members (excludes halogenated alkanes) is 24. The maximum absolute atomic E-state index is 12.5. The molecule has 274 valence electrons. The molecule has 0 saturated heterocycles. The topological polar surface area (TPSA) is 117 Å². The van der Waals surface area contributed by atoms with Gasteiger partial charge in [0.05, 0.1) is 19.5 Å². The van der Waals surface area contributed by atoms with Crippen LogP contribution >= 0.6 is 7.82 Å². The van der Waals surface area contributed by atoms with Crippen molar-refractivity contribution in [1.82, 2.24) is 0 Å². The number of ether oxygens (including phenoxy) is 2. The van der Waals surface area contributed by atoms with E-state index in [1.807, 2.05) is 6.08 Å². The Hall–Kier alpha value is -0.920. The molecule has 2 unspecified atom stereocenters. The quantitative estimate of drug-likeness (QED) is 0.0289. The smallest absolute Gasteiger partial charge is 0.472 e. The molecule has 3 N–H and O–H groups in total. The Labute approximate surface area is 283 Å². The van der Waals surface area contributed by atoms with Gasteiger partial charge in [-0.2, -0.15) is 0 Å². The third kappa shape index (κ3) is 34.4. The van der Waals surface area contributed by atoms with Gasteiger partial charge in [-0.25, -0.2) is 4.57 Å². The van der Waals surface area contributed by atoms with E-state index < -0.39 is 13.9 Å². The number of allylic oxidation sites excluding steroid dienone is 1. The summed E-state index contributed by atoms with van der Waals surface area (Å²) in [6.45, 7) is 4.25. The fourth-order valence-corrected chi connectivity index (χ4v) is 6.20. The molecule has 0 rings (SSSR count). The minimum absolute atomic E-state index is 0.0378. The van der Waals surface area contributed by atoms with Crippen molar-refractivity contribution in [2.75, 3.05) is 26.4 Å². The van der Waals surface area contributed by atoms with Crippen LogP contribution in [0.15, 0.2) is 12.3 Å². The molecule has 0 aliphatic heterocycles. The standard InChI is InChI=1S/C37H74NO7P/c1-3-5-7-9-11-13-15-16-17-18-19-21-23-25-27-29-32-42-34-36(35-44-46(40,41)43-33-31-38)45-37(39)30-28-26-24-22-20-14-12-10-8-6-4-2/h29,32,36H,3-28,30-31,33-35,38H2,1-2H3,(H,40,41). The molecule has 0 aromatic rings. The van der Waals surface area contributed by atoms with Gasteiger partial charge in [0, 0.05) is 13.0 Å². The van der Waals surface area contributed by atoms with Crippen molar-refractivity contribution >= 4 is 13.8 Å². The lowest BCUT2D eigenvalue weighted by atomic mass is 10.0. The van der Waals surface area contributed by atoms with E-state index in [1.54, 1.807) is 6.26 Å². The van der Waals surface area contributed by atoms with Crippen LogP contribution in [-0.4, -0.2) is 43.3 Å². The van der Waals surface area contributed by atoms with Gasteiger partial charge in [0.15, 0.2) is 6.10 Å². The van der Waals surface area contributed by atoms with Gasteiger partial charge in [-0.15, -0.1) is 0 Å². The van der Waals surface area contributed by atoms with Crippen LogP contribution in [0.1, 0.15) is 187 Å². The molecule has 0 aromatic carbocycles. The van der Waals surface area contributed by atoms with Crippen LogP contribution in [-0.2, 0) is 27.9 Å². The summed E-state index contributed by atoms with van der Waals surface area (Å²) in [5.74, 6) is -0.352. The number of phosphoric ester groups is 1. The van der Waals surface area contributed by atoms with E-state index in [0.29, 0.717) is 6.42 Å². The van der Waals surface area contributed by atoms with Crippen LogP contribution in [0, 0.1) is 0 Å². The van der Waals surface area contributed by atoms with Crippen LogP contribution in [0.4, 0.5) is 0 Å². The molecule has 0 bridgehead atoms. The summed E-state index contributed by atoms with van der Waals surface area (Å²) in [6.07, 6.45) is 36.0. The molecule has 46 heavy (non-hydrogen) atoms. The molecule has 8 nitrogen and oxygen atoms in total. The van der Waals surface area contributed by atoms with E-state index in [-0.39, 0.29) is 32.3 Å². The van der Waals surface area contributed by atoms with Crippen LogP contribution in [0.5, 0.6) is 0 Å². The molecule has 0 spiro atoms. The number of phosphoric acid groups is 1. The molecule has 0 aromatic heterocycles. The predicted octanol–water partition coefficient (Wildman–Crippen LogP) is 11.1. The van der Waals surface area contributed by atoms with Gasteiger partial charge in [-0.05, 0) is 25.3 Å². The van der Waals surface area contributed by atoms with Crippen molar-refractivity contribution < 1.29 is 32.8 Å². The first-order valence-corrected chi connectivity index (χ1v) is 20.7. The van der Waals surface area contributed by atoms with Crippen LogP contribution in [0.25, 0.3) is 0 Å².